The molecule has 4 nitrogen and oxygen atoms in total. The van der Waals surface area contributed by atoms with E-state index in [0.717, 1.165) is 11.6 Å². The molecule has 0 bridgehead atoms. The maximum absolute atomic E-state index is 10.8. The number of allylic oxidation sites excluding steroid dienone is 1. The van der Waals surface area contributed by atoms with Gasteiger partial charge in [-0.15, -0.1) is 0 Å². The van der Waals surface area contributed by atoms with Crippen LogP contribution in [-0.4, -0.2) is 22.5 Å². The zero-order valence-corrected chi connectivity index (χ0v) is 8.10. The van der Waals surface area contributed by atoms with Crippen molar-refractivity contribution in [3.05, 3.63) is 35.4 Å². The topological polar surface area (TPSA) is 74.6 Å². The Balaban J connectivity index is 3.30. The summed E-state index contributed by atoms with van der Waals surface area (Å²) in [5, 5.41) is 18.3. The first-order valence-electron chi connectivity index (χ1n) is 4.25. The minimum atomic E-state index is -1.25. The summed E-state index contributed by atoms with van der Waals surface area (Å²) < 4.78 is 0. The Kier molecular flexibility index (Phi) is 3.23. The molecule has 1 aromatic rings. The number of carbonyl (C=O) groups excluding carboxylic acids is 1. The van der Waals surface area contributed by atoms with Gasteiger partial charge in [0.2, 0.25) is 0 Å². The third kappa shape index (κ3) is 2.43. The van der Waals surface area contributed by atoms with Gasteiger partial charge in [-0.25, -0.2) is 4.79 Å². The lowest BCUT2D eigenvalue weighted by Crippen LogP contribution is -2.00. The number of phenols is 1. The molecular weight excluding hydrogens is 196 g/mol. The maximum Gasteiger partial charge on any atom is 0.336 e. The lowest BCUT2D eigenvalue weighted by molar-refractivity contribution is -0.130. The molecule has 78 valence electrons. The van der Waals surface area contributed by atoms with E-state index in [0.29, 0.717) is 6.29 Å². The number of aryl methyl sites for hydroxylation is 1. The van der Waals surface area contributed by atoms with Crippen LogP contribution in [0.5, 0.6) is 5.75 Å². The van der Waals surface area contributed by atoms with Gasteiger partial charge >= 0.3 is 5.97 Å². The molecule has 0 aliphatic heterocycles. The Morgan fingerprint density at radius 1 is 1.40 bits per heavy atom. The molecule has 2 N–H and O–H groups in total. The minimum Gasteiger partial charge on any atom is -0.507 e. The Bertz CT molecular complexity index is 432. The number of carboxylic acid groups (broad SMARTS) is 1. The highest BCUT2D eigenvalue weighted by atomic mass is 16.4. The van der Waals surface area contributed by atoms with E-state index in [1.165, 1.54) is 12.1 Å². The number of aldehydes is 1. The molecule has 1 aromatic carbocycles. The molecule has 0 aromatic heterocycles. The van der Waals surface area contributed by atoms with Gasteiger partial charge in [0.05, 0.1) is 5.57 Å². The summed E-state index contributed by atoms with van der Waals surface area (Å²) in [6.07, 6.45) is 1.29. The second kappa shape index (κ2) is 4.41. The maximum atomic E-state index is 10.8. The van der Waals surface area contributed by atoms with Crippen LogP contribution in [0.15, 0.2) is 24.3 Å². The average molecular weight is 206 g/mol. The van der Waals surface area contributed by atoms with Crippen LogP contribution >= 0.6 is 0 Å². The van der Waals surface area contributed by atoms with Gasteiger partial charge < -0.3 is 10.2 Å². The SMILES string of the molecule is Cc1ccc(C(=CC=O)C(=O)O)c(O)c1. The molecule has 0 aliphatic carbocycles. The highest BCUT2D eigenvalue weighted by molar-refractivity contribution is 6.18. The quantitative estimate of drug-likeness (QED) is 0.578. The Morgan fingerprint density at radius 2 is 2.07 bits per heavy atom. The van der Waals surface area contributed by atoms with Crippen LogP contribution in [0.3, 0.4) is 0 Å². The van der Waals surface area contributed by atoms with E-state index >= 15 is 0 Å². The van der Waals surface area contributed by atoms with Crippen molar-refractivity contribution >= 4 is 17.8 Å². The van der Waals surface area contributed by atoms with Gasteiger partial charge in [-0.05, 0) is 24.6 Å². The van der Waals surface area contributed by atoms with E-state index < -0.39 is 5.97 Å². The lowest BCUT2D eigenvalue weighted by Gasteiger charge is -2.05. The van der Waals surface area contributed by atoms with Crippen LogP contribution in [0.4, 0.5) is 0 Å². The van der Waals surface area contributed by atoms with Crippen molar-refractivity contribution in [2.24, 2.45) is 0 Å². The molecule has 0 fully saturated rings. The van der Waals surface area contributed by atoms with Gasteiger partial charge in [0.15, 0.2) is 0 Å². The summed E-state index contributed by atoms with van der Waals surface area (Å²) in [6.45, 7) is 1.77. The first-order valence-corrected chi connectivity index (χ1v) is 4.25. The number of rotatable bonds is 3. The molecular formula is C11H10O4. The van der Waals surface area contributed by atoms with Crippen molar-refractivity contribution in [3.8, 4) is 5.75 Å². The van der Waals surface area contributed by atoms with Gasteiger partial charge in [-0.1, -0.05) is 12.1 Å². The molecule has 0 atom stereocenters. The minimum absolute atomic E-state index is 0.139. The van der Waals surface area contributed by atoms with Gasteiger partial charge in [0.1, 0.15) is 12.0 Å². The smallest absolute Gasteiger partial charge is 0.336 e. The number of carboxylic acids is 1. The predicted molar refractivity (Wildman–Crippen MR) is 54.5 cm³/mol. The number of aromatic hydroxyl groups is 1. The van der Waals surface area contributed by atoms with Crippen LogP contribution in [0.1, 0.15) is 11.1 Å². The first kappa shape index (κ1) is 11.0. The normalized spacial score (nSPS) is 11.1. The summed E-state index contributed by atoms with van der Waals surface area (Å²) in [7, 11) is 0. The van der Waals surface area contributed by atoms with E-state index in [-0.39, 0.29) is 16.9 Å². The van der Waals surface area contributed by atoms with Crippen molar-refractivity contribution in [3.63, 3.8) is 0 Å². The van der Waals surface area contributed by atoms with Gasteiger partial charge in [0.25, 0.3) is 0 Å². The van der Waals surface area contributed by atoms with E-state index in [2.05, 4.69) is 0 Å². The summed E-state index contributed by atoms with van der Waals surface area (Å²) in [5.74, 6) is -1.40. The zero-order chi connectivity index (χ0) is 11.4. The highest BCUT2D eigenvalue weighted by Crippen LogP contribution is 2.25. The molecule has 0 unspecified atom stereocenters. The van der Waals surface area contributed by atoms with Crippen LogP contribution in [-0.2, 0) is 9.59 Å². The van der Waals surface area contributed by atoms with Crippen LogP contribution in [0.25, 0.3) is 5.57 Å². The number of hydrogen-bond donors (Lipinski definition) is 2. The van der Waals surface area contributed by atoms with E-state index in [1.54, 1.807) is 13.0 Å². The molecule has 1 rings (SSSR count). The molecule has 0 saturated heterocycles. The first-order chi connectivity index (χ1) is 7.06. The molecule has 0 spiro atoms. The highest BCUT2D eigenvalue weighted by Gasteiger charge is 2.13. The molecule has 0 radical (unpaired) electrons. The van der Waals surface area contributed by atoms with Crippen molar-refractivity contribution in [2.45, 2.75) is 6.92 Å². The zero-order valence-electron chi connectivity index (χ0n) is 8.10. The van der Waals surface area contributed by atoms with E-state index in [4.69, 9.17) is 5.11 Å². The molecule has 0 aliphatic rings. The van der Waals surface area contributed by atoms with Gasteiger partial charge in [0, 0.05) is 5.56 Å². The predicted octanol–water partition coefficient (Wildman–Crippen LogP) is 1.37. The number of carbonyl (C=O) groups is 2. The van der Waals surface area contributed by atoms with Crippen LogP contribution < -0.4 is 0 Å². The van der Waals surface area contributed by atoms with Crippen molar-refractivity contribution < 1.29 is 19.8 Å². The number of hydrogen-bond acceptors (Lipinski definition) is 3. The average Bonchev–Trinajstić information content (AvgIpc) is 2.15. The fraction of sp³-hybridized carbons (Fsp3) is 0.0909. The third-order valence-corrected chi connectivity index (χ3v) is 1.91. The summed E-state index contributed by atoms with van der Waals surface area (Å²) in [6, 6.07) is 4.57. The largest absolute Gasteiger partial charge is 0.507 e. The second-order valence-corrected chi connectivity index (χ2v) is 3.04. The molecule has 0 saturated carbocycles. The number of phenolic OH excluding ortho intramolecular Hbond substituents is 1. The number of benzene rings is 1. The van der Waals surface area contributed by atoms with E-state index in [1.807, 2.05) is 0 Å². The third-order valence-electron chi connectivity index (χ3n) is 1.91. The fourth-order valence-electron chi connectivity index (χ4n) is 1.21. The Morgan fingerprint density at radius 3 is 2.53 bits per heavy atom. The number of aliphatic carboxylic acids is 1. The molecule has 0 amide bonds. The fourth-order valence-corrected chi connectivity index (χ4v) is 1.21. The monoisotopic (exact) mass is 206 g/mol. The van der Waals surface area contributed by atoms with Crippen molar-refractivity contribution in [2.75, 3.05) is 0 Å². The Labute approximate surface area is 86.5 Å². The van der Waals surface area contributed by atoms with Crippen LogP contribution in [0, 0.1) is 6.92 Å². The standard InChI is InChI=1S/C11H10O4/c1-7-2-3-8(10(13)6-7)9(4-5-12)11(14)15/h2-6,13H,1H3,(H,14,15). The van der Waals surface area contributed by atoms with E-state index in [9.17, 15) is 14.7 Å². The van der Waals surface area contributed by atoms with Crippen molar-refractivity contribution in [1.29, 1.82) is 0 Å². The Hall–Kier alpha value is -2.10. The van der Waals surface area contributed by atoms with Crippen molar-refractivity contribution in [1.82, 2.24) is 0 Å². The molecule has 4 heteroatoms. The summed E-state index contributed by atoms with van der Waals surface area (Å²) >= 11 is 0. The lowest BCUT2D eigenvalue weighted by atomic mass is 10.0. The molecule has 15 heavy (non-hydrogen) atoms. The molecule has 0 heterocycles. The summed E-state index contributed by atoms with van der Waals surface area (Å²) in [4.78, 5) is 21.0. The van der Waals surface area contributed by atoms with Crippen LogP contribution in [0.2, 0.25) is 0 Å². The summed E-state index contributed by atoms with van der Waals surface area (Å²) in [5.41, 5.74) is 0.731. The van der Waals surface area contributed by atoms with Gasteiger partial charge in [-0.3, -0.25) is 4.79 Å². The second-order valence-electron chi connectivity index (χ2n) is 3.04. The van der Waals surface area contributed by atoms with Gasteiger partial charge in [-0.2, -0.15) is 0 Å².